The van der Waals surface area contributed by atoms with Gasteiger partial charge in [0.25, 0.3) is 5.69 Å². The Hall–Kier alpha value is -1.51. The van der Waals surface area contributed by atoms with E-state index in [0.717, 1.165) is 0 Å². The molecule has 0 N–H and O–H groups in total. The molecule has 110 valence electrons. The van der Waals surface area contributed by atoms with E-state index in [2.05, 4.69) is 0 Å². The molecule has 1 fully saturated rings. The van der Waals surface area contributed by atoms with Gasteiger partial charge in [-0.3, -0.25) is 10.1 Å². The van der Waals surface area contributed by atoms with Crippen LogP contribution in [0.15, 0.2) is 29.2 Å². The highest BCUT2D eigenvalue weighted by atomic mass is 32.2. The molecule has 0 amide bonds. The third-order valence-electron chi connectivity index (χ3n) is 3.07. The molecule has 1 saturated heterocycles. The van der Waals surface area contributed by atoms with Crippen molar-refractivity contribution >= 4 is 15.7 Å². The summed E-state index contributed by atoms with van der Waals surface area (Å²) in [5.41, 5.74) is -0.132. The van der Waals surface area contributed by atoms with Gasteiger partial charge in [0.1, 0.15) is 0 Å². The number of ether oxygens (including phenoxy) is 1. The fraction of sp³-hybridized carbons (Fsp3) is 0.500. The van der Waals surface area contributed by atoms with Crippen molar-refractivity contribution in [1.29, 1.82) is 0 Å². The second kappa shape index (κ2) is 5.47. The zero-order chi connectivity index (χ0) is 14.9. The van der Waals surface area contributed by atoms with Gasteiger partial charge in [0.05, 0.1) is 22.0 Å². The van der Waals surface area contributed by atoms with Gasteiger partial charge >= 0.3 is 0 Å². The van der Waals surface area contributed by atoms with E-state index in [1.807, 2.05) is 13.8 Å². The first-order valence-electron chi connectivity index (χ1n) is 6.21. The molecule has 20 heavy (non-hydrogen) atoms. The number of non-ortho nitro benzene ring substituents is 1. The standard InChI is InChI=1S/C12H16N2O5S/c1-9-7-13(8-10(2)19-9)20(17,18)12-5-3-11(4-6-12)14(15)16/h3-6,9-10H,7-8H2,1-2H3/t9-,10-/m0/s1. The van der Waals surface area contributed by atoms with Crippen molar-refractivity contribution in [3.8, 4) is 0 Å². The molecule has 0 bridgehead atoms. The van der Waals surface area contributed by atoms with Crippen molar-refractivity contribution in [3.05, 3.63) is 34.4 Å². The normalized spacial score (nSPS) is 24.5. The Labute approximate surface area is 117 Å². The van der Waals surface area contributed by atoms with Crippen LogP contribution in [0.25, 0.3) is 0 Å². The summed E-state index contributed by atoms with van der Waals surface area (Å²) in [6.45, 7) is 4.19. The Morgan fingerprint density at radius 1 is 1.20 bits per heavy atom. The third kappa shape index (κ3) is 2.97. The molecule has 0 aliphatic carbocycles. The minimum absolute atomic E-state index is 0.0596. The first-order valence-corrected chi connectivity index (χ1v) is 7.65. The molecule has 0 saturated carbocycles. The molecule has 1 aromatic carbocycles. The molecule has 1 heterocycles. The predicted molar refractivity (Wildman–Crippen MR) is 71.9 cm³/mol. The van der Waals surface area contributed by atoms with Crippen LogP contribution in [0.2, 0.25) is 0 Å². The van der Waals surface area contributed by atoms with Crippen molar-refractivity contribution in [3.63, 3.8) is 0 Å². The summed E-state index contributed by atoms with van der Waals surface area (Å²) < 4.78 is 31.8. The Balaban J connectivity index is 2.27. The number of morpholine rings is 1. The van der Waals surface area contributed by atoms with Crippen molar-refractivity contribution in [2.45, 2.75) is 31.0 Å². The summed E-state index contributed by atoms with van der Waals surface area (Å²) in [4.78, 5) is 10.1. The third-order valence-corrected chi connectivity index (χ3v) is 4.92. The smallest absolute Gasteiger partial charge is 0.269 e. The number of nitro groups is 1. The molecular formula is C12H16N2O5S. The quantitative estimate of drug-likeness (QED) is 0.621. The molecule has 1 aromatic rings. The van der Waals surface area contributed by atoms with E-state index in [4.69, 9.17) is 4.74 Å². The second-order valence-electron chi connectivity index (χ2n) is 4.83. The average Bonchev–Trinajstić information content (AvgIpc) is 2.37. The van der Waals surface area contributed by atoms with Crippen molar-refractivity contribution in [2.75, 3.05) is 13.1 Å². The fourth-order valence-electron chi connectivity index (χ4n) is 2.22. The van der Waals surface area contributed by atoms with E-state index in [0.29, 0.717) is 0 Å². The number of nitro benzene ring substituents is 1. The SMILES string of the molecule is C[C@H]1CN(S(=O)(=O)c2ccc([N+](=O)[O-])cc2)C[C@H](C)O1. The fourth-order valence-corrected chi connectivity index (χ4v) is 3.81. The minimum atomic E-state index is -3.64. The first kappa shape index (κ1) is 14.9. The monoisotopic (exact) mass is 300 g/mol. The number of sulfonamides is 1. The van der Waals surface area contributed by atoms with Crippen LogP contribution in [-0.2, 0) is 14.8 Å². The van der Waals surface area contributed by atoms with Crippen LogP contribution in [0.3, 0.4) is 0 Å². The minimum Gasteiger partial charge on any atom is -0.373 e. The average molecular weight is 300 g/mol. The van der Waals surface area contributed by atoms with Gasteiger partial charge in [-0.05, 0) is 26.0 Å². The van der Waals surface area contributed by atoms with E-state index in [1.165, 1.54) is 28.6 Å². The number of rotatable bonds is 3. The van der Waals surface area contributed by atoms with Gasteiger partial charge in [-0.15, -0.1) is 0 Å². The molecule has 0 unspecified atom stereocenters. The van der Waals surface area contributed by atoms with E-state index in [9.17, 15) is 18.5 Å². The zero-order valence-corrected chi connectivity index (χ0v) is 12.0. The lowest BCUT2D eigenvalue weighted by Gasteiger charge is -2.34. The number of benzene rings is 1. The molecule has 1 aliphatic rings. The highest BCUT2D eigenvalue weighted by molar-refractivity contribution is 7.89. The predicted octanol–water partition coefficient (Wildman–Crippen LogP) is 1.39. The van der Waals surface area contributed by atoms with Gasteiger partial charge in [-0.25, -0.2) is 8.42 Å². The van der Waals surface area contributed by atoms with Gasteiger partial charge in [-0.1, -0.05) is 0 Å². The lowest BCUT2D eigenvalue weighted by Crippen LogP contribution is -2.48. The first-order chi connectivity index (χ1) is 9.30. The maximum absolute atomic E-state index is 12.5. The zero-order valence-electron chi connectivity index (χ0n) is 11.2. The van der Waals surface area contributed by atoms with Crippen LogP contribution in [0, 0.1) is 10.1 Å². The maximum Gasteiger partial charge on any atom is 0.269 e. The van der Waals surface area contributed by atoms with Gasteiger partial charge in [0.15, 0.2) is 0 Å². The summed E-state index contributed by atoms with van der Waals surface area (Å²) in [6, 6.07) is 4.91. The van der Waals surface area contributed by atoms with Crippen molar-refractivity contribution in [1.82, 2.24) is 4.31 Å². The maximum atomic E-state index is 12.5. The molecule has 0 spiro atoms. The summed E-state index contributed by atoms with van der Waals surface area (Å²) >= 11 is 0. The van der Waals surface area contributed by atoms with Gasteiger partial charge in [-0.2, -0.15) is 4.31 Å². The molecule has 1 aliphatic heterocycles. The summed E-state index contributed by atoms with van der Waals surface area (Å²) in [7, 11) is -3.64. The van der Waals surface area contributed by atoms with Gasteiger partial charge in [0, 0.05) is 25.2 Å². The molecule has 8 heteroatoms. The van der Waals surface area contributed by atoms with Crippen LogP contribution < -0.4 is 0 Å². The van der Waals surface area contributed by atoms with Crippen molar-refractivity contribution < 1.29 is 18.1 Å². The highest BCUT2D eigenvalue weighted by Gasteiger charge is 2.32. The molecule has 7 nitrogen and oxygen atoms in total. The number of hydrogen-bond acceptors (Lipinski definition) is 5. The molecule has 0 aromatic heterocycles. The van der Waals surface area contributed by atoms with Crippen LogP contribution in [0.1, 0.15) is 13.8 Å². The summed E-state index contributed by atoms with van der Waals surface area (Å²) in [5, 5.41) is 10.6. The Morgan fingerprint density at radius 2 is 1.70 bits per heavy atom. The highest BCUT2D eigenvalue weighted by Crippen LogP contribution is 2.22. The van der Waals surface area contributed by atoms with E-state index < -0.39 is 14.9 Å². The van der Waals surface area contributed by atoms with Crippen LogP contribution >= 0.6 is 0 Å². The molecule has 2 rings (SSSR count). The van der Waals surface area contributed by atoms with Crippen LogP contribution in [0.4, 0.5) is 5.69 Å². The van der Waals surface area contributed by atoms with Crippen LogP contribution in [-0.4, -0.2) is 42.9 Å². The van der Waals surface area contributed by atoms with Crippen LogP contribution in [0.5, 0.6) is 0 Å². The largest absolute Gasteiger partial charge is 0.373 e. The lowest BCUT2D eigenvalue weighted by molar-refractivity contribution is -0.384. The number of hydrogen-bond donors (Lipinski definition) is 0. The second-order valence-corrected chi connectivity index (χ2v) is 6.77. The summed E-state index contributed by atoms with van der Waals surface area (Å²) in [5.74, 6) is 0. The lowest BCUT2D eigenvalue weighted by atomic mass is 10.3. The molecule has 0 radical (unpaired) electrons. The van der Waals surface area contributed by atoms with E-state index >= 15 is 0 Å². The molecular weight excluding hydrogens is 284 g/mol. The van der Waals surface area contributed by atoms with Gasteiger partial charge in [0.2, 0.25) is 10.0 Å². The molecule has 2 atom stereocenters. The topological polar surface area (TPSA) is 89.8 Å². The Morgan fingerprint density at radius 3 is 2.15 bits per heavy atom. The summed E-state index contributed by atoms with van der Waals surface area (Å²) in [6.07, 6.45) is -0.349. The Kier molecular flexibility index (Phi) is 4.07. The van der Waals surface area contributed by atoms with E-state index in [-0.39, 0.29) is 35.9 Å². The number of nitrogens with zero attached hydrogens (tertiary/aromatic N) is 2. The van der Waals surface area contributed by atoms with E-state index in [1.54, 1.807) is 0 Å². The van der Waals surface area contributed by atoms with Gasteiger partial charge < -0.3 is 4.74 Å². The Bertz CT molecular complexity index is 589. The van der Waals surface area contributed by atoms with Crippen molar-refractivity contribution in [2.24, 2.45) is 0 Å².